The van der Waals surface area contributed by atoms with Crippen LogP contribution in [0.3, 0.4) is 0 Å². The van der Waals surface area contributed by atoms with Crippen LogP contribution in [-0.4, -0.2) is 34.4 Å². The third kappa shape index (κ3) is 3.40. The average molecular weight is 351 g/mol. The lowest BCUT2D eigenvalue weighted by molar-refractivity contribution is 0.164. The van der Waals surface area contributed by atoms with Gasteiger partial charge < -0.3 is 23.8 Å². The lowest BCUT2D eigenvalue weighted by Gasteiger charge is -2.22. The Labute approximate surface area is 144 Å². The molecule has 2 aromatic carbocycles. The number of anilines is 1. The number of halogens is 2. The van der Waals surface area contributed by atoms with Crippen LogP contribution >= 0.6 is 0 Å². The Bertz CT molecular complexity index is 780. The van der Waals surface area contributed by atoms with Crippen molar-refractivity contribution >= 4 is 5.69 Å². The zero-order chi connectivity index (χ0) is 18.0. The minimum atomic E-state index is -0.460. The van der Waals surface area contributed by atoms with Gasteiger partial charge in [-0.25, -0.2) is 8.78 Å². The van der Waals surface area contributed by atoms with Crippen molar-refractivity contribution in [2.24, 2.45) is 0 Å². The summed E-state index contributed by atoms with van der Waals surface area (Å²) < 4.78 is 50.1. The van der Waals surface area contributed by atoms with Crippen molar-refractivity contribution in [3.63, 3.8) is 0 Å². The number of rotatable bonds is 5. The van der Waals surface area contributed by atoms with Gasteiger partial charge in [-0.2, -0.15) is 0 Å². The lowest BCUT2D eigenvalue weighted by atomic mass is 10.1. The average Bonchev–Trinajstić information content (AvgIpc) is 2.61. The second-order valence-corrected chi connectivity index (χ2v) is 5.69. The molecule has 0 saturated carbocycles. The van der Waals surface area contributed by atoms with Gasteiger partial charge in [-0.15, -0.1) is 0 Å². The van der Waals surface area contributed by atoms with E-state index in [4.69, 9.17) is 18.9 Å². The summed E-state index contributed by atoms with van der Waals surface area (Å²) in [4.78, 5) is 1.61. The van der Waals surface area contributed by atoms with Gasteiger partial charge in [-0.05, 0) is 12.1 Å². The molecule has 0 spiro atoms. The maximum atomic E-state index is 14.2. The molecule has 1 aliphatic rings. The van der Waals surface area contributed by atoms with E-state index >= 15 is 0 Å². The Morgan fingerprint density at radius 3 is 2.52 bits per heavy atom. The molecule has 0 atom stereocenters. The van der Waals surface area contributed by atoms with E-state index in [9.17, 15) is 8.78 Å². The summed E-state index contributed by atoms with van der Waals surface area (Å²) in [6.07, 6.45) is 0. The fraction of sp³-hybridized carbons (Fsp3) is 0.333. The van der Waals surface area contributed by atoms with Crippen LogP contribution in [0.5, 0.6) is 23.0 Å². The third-order valence-electron chi connectivity index (χ3n) is 3.84. The van der Waals surface area contributed by atoms with Crippen LogP contribution in [0.2, 0.25) is 0 Å². The van der Waals surface area contributed by atoms with E-state index in [1.807, 2.05) is 0 Å². The number of hydrogen-bond donors (Lipinski definition) is 0. The van der Waals surface area contributed by atoms with Crippen LogP contribution < -0.4 is 23.8 Å². The molecule has 5 nitrogen and oxygen atoms in total. The molecule has 3 rings (SSSR count). The largest absolute Gasteiger partial charge is 0.493 e. The highest BCUT2D eigenvalue weighted by Gasteiger charge is 2.21. The summed E-state index contributed by atoms with van der Waals surface area (Å²) >= 11 is 0. The highest BCUT2D eigenvalue weighted by atomic mass is 19.1. The SMILES string of the molecule is COc1cc(F)c(N(C)C)cc1OCc1c(F)ccc2c1OCCO2. The molecule has 134 valence electrons. The van der Waals surface area contributed by atoms with E-state index in [1.165, 1.54) is 31.4 Å². The number of benzene rings is 2. The van der Waals surface area contributed by atoms with Crippen LogP contribution in [0.15, 0.2) is 24.3 Å². The van der Waals surface area contributed by atoms with Crippen molar-refractivity contribution in [3.8, 4) is 23.0 Å². The Kier molecular flexibility index (Phi) is 4.83. The normalized spacial score (nSPS) is 12.7. The van der Waals surface area contributed by atoms with Crippen molar-refractivity contribution in [3.05, 3.63) is 41.5 Å². The molecule has 1 heterocycles. The van der Waals surface area contributed by atoms with Crippen LogP contribution in [0, 0.1) is 11.6 Å². The molecular formula is C18H19F2NO4. The van der Waals surface area contributed by atoms with Crippen molar-refractivity contribution in [1.82, 2.24) is 0 Å². The van der Waals surface area contributed by atoms with E-state index in [2.05, 4.69) is 0 Å². The first-order valence-electron chi connectivity index (χ1n) is 7.76. The van der Waals surface area contributed by atoms with Gasteiger partial charge in [-0.1, -0.05) is 0 Å². The molecule has 25 heavy (non-hydrogen) atoms. The van der Waals surface area contributed by atoms with Crippen LogP contribution in [0.4, 0.5) is 14.5 Å². The Morgan fingerprint density at radius 1 is 1.04 bits per heavy atom. The van der Waals surface area contributed by atoms with E-state index < -0.39 is 11.6 Å². The zero-order valence-electron chi connectivity index (χ0n) is 14.3. The van der Waals surface area contributed by atoms with Crippen LogP contribution in [0.25, 0.3) is 0 Å². The van der Waals surface area contributed by atoms with E-state index in [0.29, 0.717) is 36.1 Å². The van der Waals surface area contributed by atoms with Gasteiger partial charge in [0.05, 0.1) is 18.4 Å². The predicted octanol–water partition coefficient (Wildman–Crippen LogP) is 3.39. The molecule has 0 saturated heterocycles. The molecule has 0 amide bonds. The summed E-state index contributed by atoms with van der Waals surface area (Å²) in [5.41, 5.74) is 0.584. The van der Waals surface area contributed by atoms with Crippen LogP contribution in [-0.2, 0) is 6.61 Å². The van der Waals surface area contributed by atoms with Gasteiger partial charge in [0.25, 0.3) is 0 Å². The standard InChI is InChI=1S/C18H19F2NO4/c1-21(2)14-9-17(16(22-3)8-13(14)20)25-10-11-12(19)4-5-15-18(11)24-7-6-23-15/h4-5,8-9H,6-7,10H2,1-3H3. The first-order chi connectivity index (χ1) is 12.0. The number of nitrogens with zero attached hydrogens (tertiary/aromatic N) is 1. The van der Waals surface area contributed by atoms with Gasteiger partial charge in [0.1, 0.15) is 31.5 Å². The highest BCUT2D eigenvalue weighted by molar-refractivity contribution is 5.57. The Balaban J connectivity index is 1.90. The monoisotopic (exact) mass is 351 g/mol. The number of fused-ring (bicyclic) bond motifs is 1. The minimum Gasteiger partial charge on any atom is -0.493 e. The number of ether oxygens (including phenoxy) is 4. The number of methoxy groups -OCH3 is 1. The third-order valence-corrected chi connectivity index (χ3v) is 3.84. The Morgan fingerprint density at radius 2 is 1.80 bits per heavy atom. The quantitative estimate of drug-likeness (QED) is 0.826. The van der Waals surface area contributed by atoms with Gasteiger partial charge in [0, 0.05) is 26.2 Å². The van der Waals surface area contributed by atoms with Crippen molar-refractivity contribution < 1.29 is 27.7 Å². The van der Waals surface area contributed by atoms with Gasteiger partial charge >= 0.3 is 0 Å². The molecular weight excluding hydrogens is 332 g/mol. The second kappa shape index (κ2) is 7.04. The lowest BCUT2D eigenvalue weighted by Crippen LogP contribution is -2.18. The summed E-state index contributed by atoms with van der Waals surface area (Å²) in [6, 6.07) is 5.58. The first-order valence-corrected chi connectivity index (χ1v) is 7.76. The first kappa shape index (κ1) is 17.1. The summed E-state index contributed by atoms with van der Waals surface area (Å²) in [5, 5.41) is 0. The maximum Gasteiger partial charge on any atom is 0.170 e. The predicted molar refractivity (Wildman–Crippen MR) is 89.0 cm³/mol. The highest BCUT2D eigenvalue weighted by Crippen LogP contribution is 2.38. The summed E-state index contributed by atoms with van der Waals surface area (Å²) in [6.45, 7) is 0.651. The van der Waals surface area contributed by atoms with E-state index in [1.54, 1.807) is 19.0 Å². The molecule has 1 aliphatic heterocycles. The zero-order valence-corrected chi connectivity index (χ0v) is 14.3. The van der Waals surface area contributed by atoms with Crippen molar-refractivity contribution in [2.75, 3.05) is 39.3 Å². The fourth-order valence-electron chi connectivity index (χ4n) is 2.57. The second-order valence-electron chi connectivity index (χ2n) is 5.69. The molecule has 0 fully saturated rings. The van der Waals surface area contributed by atoms with Crippen LogP contribution in [0.1, 0.15) is 5.56 Å². The molecule has 0 unspecified atom stereocenters. The summed E-state index contributed by atoms with van der Waals surface area (Å²) in [5.74, 6) is 0.450. The van der Waals surface area contributed by atoms with E-state index in [0.717, 1.165) is 0 Å². The molecule has 0 bridgehead atoms. The summed E-state index contributed by atoms with van der Waals surface area (Å²) in [7, 11) is 4.85. The van der Waals surface area contributed by atoms with Gasteiger partial charge in [0.15, 0.2) is 23.0 Å². The number of hydrogen-bond acceptors (Lipinski definition) is 5. The minimum absolute atomic E-state index is 0.104. The smallest absolute Gasteiger partial charge is 0.170 e. The topological polar surface area (TPSA) is 40.2 Å². The fourth-order valence-corrected chi connectivity index (χ4v) is 2.57. The molecule has 0 aliphatic carbocycles. The molecule has 2 aromatic rings. The van der Waals surface area contributed by atoms with E-state index in [-0.39, 0.29) is 17.9 Å². The van der Waals surface area contributed by atoms with Crippen molar-refractivity contribution in [2.45, 2.75) is 6.61 Å². The molecule has 7 heteroatoms. The van der Waals surface area contributed by atoms with Crippen molar-refractivity contribution in [1.29, 1.82) is 0 Å². The molecule has 0 radical (unpaired) electrons. The molecule has 0 N–H and O–H groups in total. The Hall–Kier alpha value is -2.70. The maximum absolute atomic E-state index is 14.2. The van der Waals surface area contributed by atoms with Gasteiger partial charge in [0.2, 0.25) is 0 Å². The van der Waals surface area contributed by atoms with Gasteiger partial charge in [-0.3, -0.25) is 0 Å². The molecule has 0 aromatic heterocycles.